The third kappa shape index (κ3) is 4.67. The van der Waals surface area contributed by atoms with Gasteiger partial charge in [-0.3, -0.25) is 4.79 Å². The highest BCUT2D eigenvalue weighted by molar-refractivity contribution is 5.77. The first kappa shape index (κ1) is 14.1. The molecule has 1 fully saturated rings. The molecule has 0 aliphatic heterocycles. The zero-order valence-electron chi connectivity index (χ0n) is 11.4. The van der Waals surface area contributed by atoms with Gasteiger partial charge in [0.2, 0.25) is 5.91 Å². The molecule has 3 nitrogen and oxygen atoms in total. The maximum Gasteiger partial charge on any atom is 0.222 e. The van der Waals surface area contributed by atoms with Gasteiger partial charge >= 0.3 is 0 Å². The Labute approximate surface area is 115 Å². The Bertz CT molecular complexity index is 396. The van der Waals surface area contributed by atoms with Crippen molar-refractivity contribution in [2.45, 2.75) is 50.5 Å². The topological polar surface area (TPSA) is 49.3 Å². The van der Waals surface area contributed by atoms with Crippen molar-refractivity contribution in [3.63, 3.8) is 0 Å². The van der Waals surface area contributed by atoms with Crippen LogP contribution in [0.15, 0.2) is 30.3 Å². The van der Waals surface area contributed by atoms with Gasteiger partial charge in [0.15, 0.2) is 0 Å². The molecule has 1 amide bonds. The second kappa shape index (κ2) is 6.71. The smallest absolute Gasteiger partial charge is 0.222 e. The largest absolute Gasteiger partial charge is 0.389 e. The second-order valence-corrected chi connectivity index (χ2v) is 5.55. The summed E-state index contributed by atoms with van der Waals surface area (Å²) in [6.07, 6.45) is 5.79. The summed E-state index contributed by atoms with van der Waals surface area (Å²) in [6, 6.07) is 10.3. The van der Waals surface area contributed by atoms with Crippen molar-refractivity contribution in [3.05, 3.63) is 35.9 Å². The molecule has 1 aliphatic rings. The average molecular weight is 261 g/mol. The van der Waals surface area contributed by atoms with Crippen molar-refractivity contribution in [2.24, 2.45) is 0 Å². The summed E-state index contributed by atoms with van der Waals surface area (Å²) in [7, 11) is 0. The van der Waals surface area contributed by atoms with Gasteiger partial charge in [-0.1, -0.05) is 43.2 Å². The zero-order chi connectivity index (χ0) is 13.6. The van der Waals surface area contributed by atoms with Crippen molar-refractivity contribution in [1.82, 2.24) is 5.32 Å². The summed E-state index contributed by atoms with van der Waals surface area (Å²) in [5.41, 5.74) is 0.565. The quantitative estimate of drug-likeness (QED) is 0.773. The monoisotopic (exact) mass is 261 g/mol. The van der Waals surface area contributed by atoms with E-state index in [-0.39, 0.29) is 12.3 Å². The Morgan fingerprint density at radius 3 is 2.58 bits per heavy atom. The average Bonchev–Trinajstić information content (AvgIpc) is 2.82. The van der Waals surface area contributed by atoms with Crippen molar-refractivity contribution in [3.8, 4) is 0 Å². The normalized spacial score (nSPS) is 17.3. The highest BCUT2D eigenvalue weighted by atomic mass is 16.3. The molecule has 1 aliphatic carbocycles. The molecule has 1 saturated carbocycles. The van der Waals surface area contributed by atoms with E-state index in [0.29, 0.717) is 6.54 Å². The van der Waals surface area contributed by atoms with Crippen LogP contribution in [0.3, 0.4) is 0 Å². The van der Waals surface area contributed by atoms with Crippen LogP contribution >= 0.6 is 0 Å². The molecule has 2 rings (SSSR count). The first-order valence-electron chi connectivity index (χ1n) is 7.21. The van der Waals surface area contributed by atoms with Gasteiger partial charge in [-0.15, -0.1) is 0 Å². The number of carbonyl (C=O) groups excluding carboxylic acids is 1. The van der Waals surface area contributed by atoms with Gasteiger partial charge in [0.1, 0.15) is 0 Å². The van der Waals surface area contributed by atoms with Crippen molar-refractivity contribution in [1.29, 1.82) is 0 Å². The number of rotatable bonds is 6. The fourth-order valence-corrected chi connectivity index (χ4v) is 2.74. The molecule has 1 aromatic carbocycles. The Kier molecular flexibility index (Phi) is 4.97. The fourth-order valence-electron chi connectivity index (χ4n) is 2.74. The molecule has 3 heteroatoms. The lowest BCUT2D eigenvalue weighted by atomic mass is 9.97. The summed E-state index contributed by atoms with van der Waals surface area (Å²) >= 11 is 0. The van der Waals surface area contributed by atoms with Crippen LogP contribution in [0.5, 0.6) is 0 Å². The summed E-state index contributed by atoms with van der Waals surface area (Å²) in [5.74, 6) is -0.0162. The van der Waals surface area contributed by atoms with Gasteiger partial charge in [0, 0.05) is 6.54 Å². The maximum atomic E-state index is 11.7. The lowest BCUT2D eigenvalue weighted by Crippen LogP contribution is -2.35. The van der Waals surface area contributed by atoms with Gasteiger partial charge in [0.05, 0.1) is 12.0 Å². The molecule has 0 radical (unpaired) electrons. The maximum absolute atomic E-state index is 11.7. The van der Waals surface area contributed by atoms with Crippen LogP contribution in [0.25, 0.3) is 0 Å². The third-order valence-corrected chi connectivity index (χ3v) is 3.83. The van der Waals surface area contributed by atoms with Crippen LogP contribution in [0.1, 0.15) is 44.1 Å². The van der Waals surface area contributed by atoms with E-state index in [1.54, 1.807) is 0 Å². The number of amides is 1. The summed E-state index contributed by atoms with van der Waals surface area (Å²) in [5, 5.41) is 13.0. The number of hydrogen-bond acceptors (Lipinski definition) is 2. The summed E-state index contributed by atoms with van der Waals surface area (Å²) in [6.45, 7) is 0.684. The van der Waals surface area contributed by atoms with Gasteiger partial charge in [0.25, 0.3) is 0 Å². The Balaban J connectivity index is 1.61. The molecule has 19 heavy (non-hydrogen) atoms. The fraction of sp³-hybridized carbons (Fsp3) is 0.562. The molecule has 0 atom stereocenters. The van der Waals surface area contributed by atoms with Crippen LogP contribution in [-0.4, -0.2) is 23.2 Å². The minimum Gasteiger partial charge on any atom is -0.389 e. The molecule has 0 saturated heterocycles. The van der Waals surface area contributed by atoms with Crippen LogP contribution < -0.4 is 5.32 Å². The standard InChI is InChI=1S/C16H23NO2/c18-15(13-16(19)10-4-5-11-16)17-12-6-9-14-7-2-1-3-8-14/h1-3,7-8,19H,4-6,9-13H2,(H,17,18). The summed E-state index contributed by atoms with van der Waals surface area (Å²) in [4.78, 5) is 11.7. The Morgan fingerprint density at radius 2 is 1.89 bits per heavy atom. The summed E-state index contributed by atoms with van der Waals surface area (Å²) < 4.78 is 0. The highest BCUT2D eigenvalue weighted by Crippen LogP contribution is 2.32. The van der Waals surface area contributed by atoms with Gasteiger partial charge in [-0.2, -0.15) is 0 Å². The van der Waals surface area contributed by atoms with Gasteiger partial charge < -0.3 is 10.4 Å². The lowest BCUT2D eigenvalue weighted by molar-refractivity contribution is -0.125. The molecule has 0 spiro atoms. The number of aliphatic hydroxyl groups is 1. The SMILES string of the molecule is O=C(CC1(O)CCCC1)NCCCc1ccccc1. The Morgan fingerprint density at radius 1 is 1.21 bits per heavy atom. The van der Waals surface area contributed by atoms with E-state index < -0.39 is 5.60 Å². The number of nitrogens with one attached hydrogen (secondary N) is 1. The second-order valence-electron chi connectivity index (χ2n) is 5.55. The number of aryl methyl sites for hydroxylation is 1. The van der Waals surface area contributed by atoms with Crippen molar-refractivity contribution < 1.29 is 9.90 Å². The van der Waals surface area contributed by atoms with Crippen LogP contribution in [0, 0.1) is 0 Å². The van der Waals surface area contributed by atoms with E-state index in [1.165, 1.54) is 5.56 Å². The number of benzene rings is 1. The van der Waals surface area contributed by atoms with E-state index in [0.717, 1.165) is 38.5 Å². The van der Waals surface area contributed by atoms with Crippen molar-refractivity contribution >= 4 is 5.91 Å². The molecule has 1 aromatic rings. The first-order valence-corrected chi connectivity index (χ1v) is 7.21. The lowest BCUT2D eigenvalue weighted by Gasteiger charge is -2.21. The highest BCUT2D eigenvalue weighted by Gasteiger charge is 2.33. The van der Waals surface area contributed by atoms with Crippen LogP contribution in [-0.2, 0) is 11.2 Å². The molecule has 2 N–H and O–H groups in total. The van der Waals surface area contributed by atoms with Crippen LogP contribution in [0.4, 0.5) is 0 Å². The number of carbonyl (C=O) groups is 1. The van der Waals surface area contributed by atoms with E-state index in [4.69, 9.17) is 0 Å². The minimum atomic E-state index is -0.733. The Hall–Kier alpha value is -1.35. The predicted molar refractivity (Wildman–Crippen MR) is 75.8 cm³/mol. The van der Waals surface area contributed by atoms with E-state index in [9.17, 15) is 9.90 Å². The molecule has 0 aromatic heterocycles. The van der Waals surface area contributed by atoms with E-state index in [1.807, 2.05) is 18.2 Å². The molecule has 104 valence electrons. The molecule has 0 heterocycles. The van der Waals surface area contributed by atoms with E-state index >= 15 is 0 Å². The van der Waals surface area contributed by atoms with Gasteiger partial charge in [-0.25, -0.2) is 0 Å². The van der Waals surface area contributed by atoms with Crippen LogP contribution in [0.2, 0.25) is 0 Å². The molecular formula is C16H23NO2. The third-order valence-electron chi connectivity index (χ3n) is 3.83. The molecule has 0 unspecified atom stereocenters. The van der Waals surface area contributed by atoms with E-state index in [2.05, 4.69) is 17.4 Å². The number of hydrogen-bond donors (Lipinski definition) is 2. The molecular weight excluding hydrogens is 238 g/mol. The first-order chi connectivity index (χ1) is 9.18. The molecule has 0 bridgehead atoms. The van der Waals surface area contributed by atoms with Crippen molar-refractivity contribution in [2.75, 3.05) is 6.54 Å². The zero-order valence-corrected chi connectivity index (χ0v) is 11.4. The minimum absolute atomic E-state index is 0.0162. The van der Waals surface area contributed by atoms with Gasteiger partial charge in [-0.05, 0) is 31.2 Å². The predicted octanol–water partition coefficient (Wildman–Crippen LogP) is 2.43.